The Morgan fingerprint density at radius 2 is 1.75 bits per heavy atom. The largest absolute Gasteiger partial charge is 0.508 e. The summed E-state index contributed by atoms with van der Waals surface area (Å²) in [5, 5.41) is 21.0. The van der Waals surface area contributed by atoms with Gasteiger partial charge in [-0.15, -0.1) is 0 Å². The van der Waals surface area contributed by atoms with Gasteiger partial charge >= 0.3 is 0 Å². The lowest BCUT2D eigenvalue weighted by Crippen LogP contribution is -1.89. The summed E-state index contributed by atoms with van der Waals surface area (Å²) < 4.78 is 0. The van der Waals surface area contributed by atoms with Gasteiger partial charge in [-0.25, -0.2) is 0 Å². The molecule has 0 bridgehead atoms. The molecule has 0 radical (unpaired) electrons. The van der Waals surface area contributed by atoms with E-state index in [4.69, 9.17) is 10.4 Å². The molecule has 2 aromatic carbocycles. The first-order valence-corrected chi connectivity index (χ1v) is 4.84. The van der Waals surface area contributed by atoms with Crippen LogP contribution in [0.25, 0.3) is 0 Å². The van der Waals surface area contributed by atoms with Crippen molar-refractivity contribution in [3.63, 3.8) is 0 Å². The number of phenols is 1. The highest BCUT2D eigenvalue weighted by Crippen LogP contribution is 2.19. The van der Waals surface area contributed by atoms with Crippen LogP contribution < -0.4 is 5.32 Å². The molecule has 2 N–H and O–H groups in total. The van der Waals surface area contributed by atoms with E-state index in [0.29, 0.717) is 5.56 Å². The van der Waals surface area contributed by atoms with Gasteiger partial charge in [0.2, 0.25) is 0 Å². The maximum absolute atomic E-state index is 9.13. The lowest BCUT2D eigenvalue weighted by Gasteiger charge is -2.06. The highest BCUT2D eigenvalue weighted by molar-refractivity contribution is 5.61. The Morgan fingerprint density at radius 3 is 2.44 bits per heavy atom. The maximum atomic E-state index is 9.13. The molecule has 78 valence electrons. The highest BCUT2D eigenvalue weighted by atomic mass is 16.3. The van der Waals surface area contributed by atoms with E-state index in [2.05, 4.69) is 11.4 Å². The molecule has 0 aromatic heterocycles. The van der Waals surface area contributed by atoms with Gasteiger partial charge in [0.15, 0.2) is 0 Å². The zero-order valence-corrected chi connectivity index (χ0v) is 8.51. The van der Waals surface area contributed by atoms with Crippen molar-refractivity contribution in [1.82, 2.24) is 0 Å². The van der Waals surface area contributed by atoms with Crippen molar-refractivity contribution >= 4 is 11.4 Å². The summed E-state index contributed by atoms with van der Waals surface area (Å²) in [6, 6.07) is 16.1. The second-order valence-electron chi connectivity index (χ2n) is 3.36. The summed E-state index contributed by atoms with van der Waals surface area (Å²) in [6.45, 7) is 0. The summed E-state index contributed by atoms with van der Waals surface area (Å²) in [7, 11) is 0. The minimum Gasteiger partial charge on any atom is -0.508 e. The number of nitrogens with one attached hydrogen (secondary N) is 1. The van der Waals surface area contributed by atoms with Gasteiger partial charge in [-0.05, 0) is 42.5 Å². The smallest absolute Gasteiger partial charge is 0.115 e. The van der Waals surface area contributed by atoms with Gasteiger partial charge in [0.05, 0.1) is 11.6 Å². The maximum Gasteiger partial charge on any atom is 0.115 e. The summed E-state index contributed by atoms with van der Waals surface area (Å²) >= 11 is 0. The molecule has 3 nitrogen and oxygen atoms in total. The Bertz CT molecular complexity index is 526. The molecular formula is C13H10N2O. The Hall–Kier alpha value is -2.47. The van der Waals surface area contributed by atoms with E-state index in [1.165, 1.54) is 0 Å². The van der Waals surface area contributed by atoms with E-state index in [0.717, 1.165) is 11.4 Å². The number of nitriles is 1. The SMILES string of the molecule is N#Cc1cccc(Nc2ccc(O)cc2)c1. The molecule has 3 heteroatoms. The highest BCUT2D eigenvalue weighted by Gasteiger charge is 1.96. The van der Waals surface area contributed by atoms with Crippen LogP contribution in [0.2, 0.25) is 0 Å². The minimum atomic E-state index is 0.233. The number of rotatable bonds is 2. The van der Waals surface area contributed by atoms with E-state index in [1.54, 1.807) is 36.4 Å². The molecule has 0 saturated heterocycles. The van der Waals surface area contributed by atoms with Crippen molar-refractivity contribution < 1.29 is 5.11 Å². The molecule has 0 aliphatic heterocycles. The summed E-state index contributed by atoms with van der Waals surface area (Å²) in [4.78, 5) is 0. The van der Waals surface area contributed by atoms with Crippen LogP contribution in [-0.4, -0.2) is 5.11 Å². The lowest BCUT2D eigenvalue weighted by molar-refractivity contribution is 0.475. The fourth-order valence-corrected chi connectivity index (χ4v) is 1.38. The Labute approximate surface area is 93.6 Å². The van der Waals surface area contributed by atoms with Crippen molar-refractivity contribution in [3.8, 4) is 11.8 Å². The molecule has 0 amide bonds. The first-order valence-electron chi connectivity index (χ1n) is 4.84. The molecule has 0 saturated carbocycles. The molecule has 0 spiro atoms. The minimum absolute atomic E-state index is 0.233. The molecule has 0 aliphatic carbocycles. The first-order chi connectivity index (χ1) is 7.78. The van der Waals surface area contributed by atoms with Crippen molar-refractivity contribution in [2.75, 3.05) is 5.32 Å². The van der Waals surface area contributed by atoms with Gasteiger partial charge in [0.25, 0.3) is 0 Å². The predicted octanol–water partition coefficient (Wildman–Crippen LogP) is 3.01. The third kappa shape index (κ3) is 2.31. The number of benzene rings is 2. The number of phenolic OH excluding ortho intramolecular Hbond substituents is 1. The number of hydrogen-bond donors (Lipinski definition) is 2. The molecule has 0 fully saturated rings. The average molecular weight is 210 g/mol. The molecule has 0 heterocycles. The molecule has 2 aromatic rings. The van der Waals surface area contributed by atoms with Gasteiger partial charge in [0.1, 0.15) is 5.75 Å². The fourth-order valence-electron chi connectivity index (χ4n) is 1.38. The van der Waals surface area contributed by atoms with Crippen LogP contribution in [0.3, 0.4) is 0 Å². The van der Waals surface area contributed by atoms with Gasteiger partial charge in [0, 0.05) is 11.4 Å². The van der Waals surface area contributed by atoms with Crippen LogP contribution in [0.1, 0.15) is 5.56 Å². The van der Waals surface area contributed by atoms with Crippen LogP contribution in [-0.2, 0) is 0 Å². The van der Waals surface area contributed by atoms with E-state index in [-0.39, 0.29) is 5.75 Å². The zero-order valence-electron chi connectivity index (χ0n) is 8.51. The monoisotopic (exact) mass is 210 g/mol. The van der Waals surface area contributed by atoms with Crippen LogP contribution in [0.5, 0.6) is 5.75 Å². The predicted molar refractivity (Wildman–Crippen MR) is 62.5 cm³/mol. The molecular weight excluding hydrogens is 200 g/mol. The molecule has 0 aliphatic rings. The van der Waals surface area contributed by atoms with Crippen LogP contribution >= 0.6 is 0 Å². The topological polar surface area (TPSA) is 56.0 Å². The van der Waals surface area contributed by atoms with Gasteiger partial charge < -0.3 is 10.4 Å². The number of anilines is 2. The summed E-state index contributed by atoms with van der Waals surface area (Å²) in [5.41, 5.74) is 2.33. The van der Waals surface area contributed by atoms with E-state index < -0.39 is 0 Å². The third-order valence-corrected chi connectivity index (χ3v) is 2.15. The Kier molecular flexibility index (Phi) is 2.75. The standard InChI is InChI=1S/C13H10N2O/c14-9-10-2-1-3-12(8-10)15-11-4-6-13(16)7-5-11/h1-8,15-16H. The molecule has 0 atom stereocenters. The summed E-state index contributed by atoms with van der Waals surface area (Å²) in [6.07, 6.45) is 0. The zero-order chi connectivity index (χ0) is 11.4. The number of nitrogens with zero attached hydrogens (tertiary/aromatic N) is 1. The Morgan fingerprint density at radius 1 is 1.00 bits per heavy atom. The average Bonchev–Trinajstić information content (AvgIpc) is 2.32. The van der Waals surface area contributed by atoms with Gasteiger partial charge in [-0.1, -0.05) is 6.07 Å². The Balaban J connectivity index is 2.21. The van der Waals surface area contributed by atoms with Crippen molar-refractivity contribution in [3.05, 3.63) is 54.1 Å². The van der Waals surface area contributed by atoms with E-state index in [9.17, 15) is 0 Å². The second kappa shape index (κ2) is 4.37. The second-order valence-corrected chi connectivity index (χ2v) is 3.36. The van der Waals surface area contributed by atoms with Crippen LogP contribution in [0, 0.1) is 11.3 Å². The lowest BCUT2D eigenvalue weighted by atomic mass is 10.2. The summed E-state index contributed by atoms with van der Waals surface area (Å²) in [5.74, 6) is 0.233. The molecule has 0 unspecified atom stereocenters. The fraction of sp³-hybridized carbons (Fsp3) is 0. The van der Waals surface area contributed by atoms with Crippen LogP contribution in [0.4, 0.5) is 11.4 Å². The van der Waals surface area contributed by atoms with E-state index in [1.807, 2.05) is 12.1 Å². The first kappa shape index (κ1) is 10.1. The van der Waals surface area contributed by atoms with Crippen molar-refractivity contribution in [1.29, 1.82) is 5.26 Å². The normalized spacial score (nSPS) is 9.44. The van der Waals surface area contributed by atoms with Crippen molar-refractivity contribution in [2.24, 2.45) is 0 Å². The van der Waals surface area contributed by atoms with Gasteiger partial charge in [-0.3, -0.25) is 0 Å². The molecule has 16 heavy (non-hydrogen) atoms. The molecule has 2 rings (SSSR count). The number of hydrogen-bond acceptors (Lipinski definition) is 3. The van der Waals surface area contributed by atoms with Crippen LogP contribution in [0.15, 0.2) is 48.5 Å². The van der Waals surface area contributed by atoms with E-state index >= 15 is 0 Å². The van der Waals surface area contributed by atoms with Gasteiger partial charge in [-0.2, -0.15) is 5.26 Å². The third-order valence-electron chi connectivity index (χ3n) is 2.15. The number of aromatic hydroxyl groups is 1. The van der Waals surface area contributed by atoms with Crippen molar-refractivity contribution in [2.45, 2.75) is 0 Å². The quantitative estimate of drug-likeness (QED) is 0.749.